The molecular formula is C20H30ClN3O3. The third kappa shape index (κ3) is 4.16. The normalized spacial score (nSPS) is 26.4. The molecule has 6 nitrogen and oxygen atoms in total. The Morgan fingerprint density at radius 3 is 2.56 bits per heavy atom. The van der Waals surface area contributed by atoms with Crippen molar-refractivity contribution in [1.29, 1.82) is 0 Å². The molecule has 2 heterocycles. The Morgan fingerprint density at radius 2 is 1.96 bits per heavy atom. The smallest absolute Gasteiger partial charge is 0.235 e. The number of primary amides is 1. The van der Waals surface area contributed by atoms with Gasteiger partial charge in [-0.3, -0.25) is 14.5 Å². The molecule has 1 saturated heterocycles. The number of hydrogen-bond donors (Lipinski definition) is 2. The number of nitrogens with one attached hydrogen (secondary N) is 1. The first-order valence-corrected chi connectivity index (χ1v) is 9.92. The Hall–Kier alpha value is -1.53. The van der Waals surface area contributed by atoms with E-state index in [1.54, 1.807) is 0 Å². The zero-order chi connectivity index (χ0) is 18.3. The summed E-state index contributed by atoms with van der Waals surface area (Å²) in [7, 11) is 0. The van der Waals surface area contributed by atoms with Gasteiger partial charge in [0.25, 0.3) is 0 Å². The van der Waals surface area contributed by atoms with Gasteiger partial charge < -0.3 is 15.5 Å². The number of carbonyl (C=O) groups excluding carboxylic acids is 2. The fourth-order valence-corrected chi connectivity index (χ4v) is 4.32. The van der Waals surface area contributed by atoms with Gasteiger partial charge in [0, 0.05) is 25.6 Å². The molecule has 1 aromatic rings. The Labute approximate surface area is 166 Å². The van der Waals surface area contributed by atoms with E-state index in [4.69, 9.17) is 10.2 Å². The molecule has 2 atom stereocenters. The van der Waals surface area contributed by atoms with Crippen LogP contribution in [0.5, 0.6) is 0 Å². The van der Waals surface area contributed by atoms with Crippen LogP contribution in [0.15, 0.2) is 16.5 Å². The molecular weight excluding hydrogens is 366 g/mol. The first kappa shape index (κ1) is 20.2. The van der Waals surface area contributed by atoms with Gasteiger partial charge >= 0.3 is 0 Å². The van der Waals surface area contributed by atoms with Crippen LogP contribution in [0.2, 0.25) is 0 Å². The summed E-state index contributed by atoms with van der Waals surface area (Å²) in [5.41, 5.74) is 4.52. The van der Waals surface area contributed by atoms with Crippen molar-refractivity contribution >= 4 is 24.2 Å². The molecule has 3 N–H and O–H groups in total. The third-order valence-corrected chi connectivity index (χ3v) is 6.23. The van der Waals surface area contributed by atoms with E-state index in [0.717, 1.165) is 44.0 Å². The average molecular weight is 396 g/mol. The monoisotopic (exact) mass is 395 g/mol. The molecule has 1 aromatic heterocycles. The van der Waals surface area contributed by atoms with E-state index >= 15 is 0 Å². The largest absolute Gasteiger partial charge is 0.465 e. The van der Waals surface area contributed by atoms with Crippen molar-refractivity contribution in [3.05, 3.63) is 23.7 Å². The van der Waals surface area contributed by atoms with E-state index in [-0.39, 0.29) is 24.4 Å². The van der Waals surface area contributed by atoms with Crippen molar-refractivity contribution in [2.24, 2.45) is 23.0 Å². The van der Waals surface area contributed by atoms with Gasteiger partial charge in [0.1, 0.15) is 16.9 Å². The molecule has 27 heavy (non-hydrogen) atoms. The predicted octanol–water partition coefficient (Wildman–Crippen LogP) is 2.25. The molecule has 150 valence electrons. The van der Waals surface area contributed by atoms with Gasteiger partial charge in [-0.05, 0) is 56.1 Å². The number of likely N-dealkylation sites (tertiary alicyclic amines) is 1. The number of halogens is 1. The second kappa shape index (κ2) is 7.84. The minimum absolute atomic E-state index is 0. The lowest BCUT2D eigenvalue weighted by Gasteiger charge is -2.22. The van der Waals surface area contributed by atoms with E-state index in [0.29, 0.717) is 24.7 Å². The van der Waals surface area contributed by atoms with Crippen molar-refractivity contribution in [2.45, 2.75) is 58.0 Å². The fraction of sp³-hybridized carbons (Fsp3) is 0.700. The van der Waals surface area contributed by atoms with Crippen molar-refractivity contribution in [1.82, 2.24) is 10.2 Å². The van der Waals surface area contributed by atoms with E-state index in [9.17, 15) is 9.59 Å². The van der Waals surface area contributed by atoms with Gasteiger partial charge in [0.05, 0.1) is 6.54 Å². The predicted molar refractivity (Wildman–Crippen MR) is 104 cm³/mol. The highest BCUT2D eigenvalue weighted by Gasteiger charge is 2.56. The van der Waals surface area contributed by atoms with Gasteiger partial charge in [0.15, 0.2) is 0 Å². The number of carbonyl (C=O) groups is 2. The molecule has 1 aliphatic heterocycles. The van der Waals surface area contributed by atoms with E-state index in [2.05, 4.69) is 29.3 Å². The lowest BCUT2D eigenvalue weighted by molar-refractivity contribution is -0.136. The van der Waals surface area contributed by atoms with Crippen molar-refractivity contribution in [2.75, 3.05) is 13.1 Å². The summed E-state index contributed by atoms with van der Waals surface area (Å²) in [5, 5.41) is 3.16. The number of hydrogen-bond acceptors (Lipinski definition) is 4. The van der Waals surface area contributed by atoms with Crippen LogP contribution >= 0.6 is 12.4 Å². The van der Waals surface area contributed by atoms with Crippen LogP contribution in [0.25, 0.3) is 0 Å². The second-order valence-corrected chi connectivity index (χ2v) is 8.34. The number of nitrogens with two attached hydrogens (primary N) is 1. The molecule has 3 fully saturated rings. The molecule has 0 spiro atoms. The van der Waals surface area contributed by atoms with Gasteiger partial charge in [0.2, 0.25) is 11.8 Å². The number of nitrogens with zero attached hydrogens (tertiary/aromatic N) is 1. The van der Waals surface area contributed by atoms with Crippen LogP contribution in [0.1, 0.15) is 50.5 Å². The van der Waals surface area contributed by atoms with E-state index in [1.165, 1.54) is 12.8 Å². The summed E-state index contributed by atoms with van der Waals surface area (Å²) >= 11 is 0. The minimum atomic E-state index is -0.933. The first-order valence-electron chi connectivity index (χ1n) is 9.92. The highest BCUT2D eigenvalue weighted by atomic mass is 35.5. The summed E-state index contributed by atoms with van der Waals surface area (Å²) in [6, 6.07) is 4.24. The van der Waals surface area contributed by atoms with Crippen molar-refractivity contribution in [3.63, 3.8) is 0 Å². The van der Waals surface area contributed by atoms with Crippen molar-refractivity contribution in [3.8, 4) is 0 Å². The summed E-state index contributed by atoms with van der Waals surface area (Å²) in [4.78, 5) is 26.6. The lowest BCUT2D eigenvalue weighted by atomic mass is 9.96. The van der Waals surface area contributed by atoms with Crippen LogP contribution in [-0.2, 0) is 22.6 Å². The molecule has 0 radical (unpaired) electrons. The Morgan fingerprint density at radius 1 is 1.26 bits per heavy atom. The SMILES string of the molecule is CCCc1ccc(CN2C[C@H](NC(=O)C3(C(N)=O)CC3)[C@@H](C3CC3)C2)o1.Cl. The Kier molecular flexibility index (Phi) is 5.87. The van der Waals surface area contributed by atoms with E-state index < -0.39 is 11.3 Å². The summed E-state index contributed by atoms with van der Waals surface area (Å²) < 4.78 is 5.92. The molecule has 7 heteroatoms. The first-order chi connectivity index (χ1) is 12.5. The molecule has 0 aromatic carbocycles. The summed E-state index contributed by atoms with van der Waals surface area (Å²) in [6.45, 7) is 4.71. The fourth-order valence-electron chi connectivity index (χ4n) is 4.32. The standard InChI is InChI=1S/C20H29N3O3.ClH/c1-2-3-14-6-7-15(26-14)10-23-11-16(13-4-5-13)17(12-23)22-19(25)20(8-9-20)18(21)24;/h6-7,13,16-17H,2-5,8-12H2,1H3,(H2,21,24)(H,22,25);1H/t16-,17+;/m1./s1. The quantitative estimate of drug-likeness (QED) is 0.660. The molecule has 2 saturated carbocycles. The second-order valence-electron chi connectivity index (χ2n) is 8.34. The molecule has 3 aliphatic rings. The van der Waals surface area contributed by atoms with Crippen LogP contribution in [-0.4, -0.2) is 35.8 Å². The topological polar surface area (TPSA) is 88.6 Å². The summed E-state index contributed by atoms with van der Waals surface area (Å²) in [6.07, 6.45) is 5.71. The average Bonchev–Trinajstić information content (AvgIpc) is 3.51. The summed E-state index contributed by atoms with van der Waals surface area (Å²) in [5.74, 6) is 2.56. The van der Waals surface area contributed by atoms with Crippen LogP contribution in [0.4, 0.5) is 0 Å². The van der Waals surface area contributed by atoms with Crippen LogP contribution < -0.4 is 11.1 Å². The van der Waals surface area contributed by atoms with Crippen LogP contribution in [0, 0.1) is 17.3 Å². The number of rotatable bonds is 8. The van der Waals surface area contributed by atoms with E-state index in [1.807, 2.05) is 0 Å². The van der Waals surface area contributed by atoms with Crippen molar-refractivity contribution < 1.29 is 14.0 Å². The van der Waals surface area contributed by atoms with Gasteiger partial charge in [-0.1, -0.05) is 6.92 Å². The molecule has 0 bridgehead atoms. The molecule has 0 unspecified atom stereocenters. The minimum Gasteiger partial charge on any atom is -0.465 e. The number of aryl methyl sites for hydroxylation is 1. The van der Waals surface area contributed by atoms with Gasteiger partial charge in [-0.25, -0.2) is 0 Å². The highest BCUT2D eigenvalue weighted by molar-refractivity contribution is 6.07. The number of furan rings is 1. The third-order valence-electron chi connectivity index (χ3n) is 6.23. The molecule has 2 aliphatic carbocycles. The zero-order valence-electron chi connectivity index (χ0n) is 15.9. The molecule has 4 rings (SSSR count). The van der Waals surface area contributed by atoms with Gasteiger partial charge in [-0.2, -0.15) is 0 Å². The van der Waals surface area contributed by atoms with Crippen LogP contribution in [0.3, 0.4) is 0 Å². The Balaban J connectivity index is 0.00000210. The molecule has 2 amide bonds. The Bertz CT molecular complexity index is 696. The number of amides is 2. The highest BCUT2D eigenvalue weighted by Crippen LogP contribution is 2.47. The maximum absolute atomic E-state index is 12.6. The lowest BCUT2D eigenvalue weighted by Crippen LogP contribution is -2.48. The maximum atomic E-state index is 12.6. The van der Waals surface area contributed by atoms with Gasteiger partial charge in [-0.15, -0.1) is 12.4 Å². The maximum Gasteiger partial charge on any atom is 0.235 e. The zero-order valence-corrected chi connectivity index (χ0v) is 16.7.